The minimum absolute atomic E-state index is 0.355. The van der Waals surface area contributed by atoms with Crippen LogP contribution in [0.25, 0.3) is 0 Å². The number of rotatable bonds is 18. The van der Waals surface area contributed by atoms with Gasteiger partial charge in [0.05, 0.1) is 19.8 Å². The highest BCUT2D eigenvalue weighted by molar-refractivity contribution is 5.46. The average molecular weight is 469 g/mol. The van der Waals surface area contributed by atoms with Crippen LogP contribution in [0.2, 0.25) is 0 Å². The molecule has 1 heterocycles. The Bertz CT molecular complexity index is 627. The Hall–Kier alpha value is -1.71. The molecule has 0 aromatic carbocycles. The van der Waals surface area contributed by atoms with Crippen molar-refractivity contribution in [1.29, 1.82) is 0 Å². The first-order valence-electron chi connectivity index (χ1n) is 12.5. The molecule has 0 radical (unpaired) electrons. The second-order valence-corrected chi connectivity index (χ2v) is 9.48. The Morgan fingerprint density at radius 3 is 1.15 bits per heavy atom. The van der Waals surface area contributed by atoms with Gasteiger partial charge >= 0.3 is 0 Å². The monoisotopic (exact) mass is 468 g/mol. The maximum Gasteiger partial charge on any atom is 0.235 e. The zero-order chi connectivity index (χ0) is 24.8. The molecule has 1 aromatic rings. The van der Waals surface area contributed by atoms with Gasteiger partial charge in [0.1, 0.15) is 20.2 Å². The van der Waals surface area contributed by atoms with Crippen molar-refractivity contribution in [2.45, 2.75) is 62.3 Å². The SMILES string of the molecule is CCN(CC)c1nc(N(CC)COCC(C)C)nc(N(COCC(C)C)COCC(C)C)n1. The molecule has 0 N–H and O–H groups in total. The van der Waals surface area contributed by atoms with E-state index in [2.05, 4.69) is 67.2 Å². The van der Waals surface area contributed by atoms with E-state index in [-0.39, 0.29) is 0 Å². The molecule has 9 nitrogen and oxygen atoms in total. The Labute approximate surface area is 201 Å². The van der Waals surface area contributed by atoms with Crippen molar-refractivity contribution in [1.82, 2.24) is 15.0 Å². The standard InChI is InChI=1S/C24H48N6O3/c1-10-28(11-2)22-25-23(29(12-3)16-31-13-19(4)5)27-24(26-22)30(17-32-14-20(6)7)18-33-15-21(8)9/h19-21H,10-18H2,1-9H3. The van der Waals surface area contributed by atoms with E-state index in [4.69, 9.17) is 29.2 Å². The van der Waals surface area contributed by atoms with Crippen LogP contribution in [0.3, 0.4) is 0 Å². The molecule has 0 aliphatic heterocycles. The number of ether oxygens (including phenoxy) is 3. The highest BCUT2D eigenvalue weighted by atomic mass is 16.5. The predicted octanol–water partition coefficient (Wildman–Crippen LogP) is 4.24. The summed E-state index contributed by atoms with van der Waals surface area (Å²) in [6.07, 6.45) is 0. The molecule has 0 saturated carbocycles. The minimum atomic E-state index is 0.355. The number of anilines is 3. The molecule has 9 heteroatoms. The summed E-state index contributed by atoms with van der Waals surface area (Å²) in [6.45, 7) is 24.6. The summed E-state index contributed by atoms with van der Waals surface area (Å²) in [5.74, 6) is 3.16. The van der Waals surface area contributed by atoms with Gasteiger partial charge < -0.3 is 24.0 Å². The summed E-state index contributed by atoms with van der Waals surface area (Å²) < 4.78 is 17.8. The fraction of sp³-hybridized carbons (Fsp3) is 0.875. The zero-order valence-corrected chi connectivity index (χ0v) is 22.5. The van der Waals surface area contributed by atoms with Crippen molar-refractivity contribution in [3.8, 4) is 0 Å². The van der Waals surface area contributed by atoms with Gasteiger partial charge in [0.2, 0.25) is 17.8 Å². The third-order valence-electron chi connectivity index (χ3n) is 4.69. The first kappa shape index (κ1) is 29.3. The molecule has 0 atom stereocenters. The van der Waals surface area contributed by atoms with Crippen LogP contribution in [0.5, 0.6) is 0 Å². The van der Waals surface area contributed by atoms with Gasteiger partial charge in [-0.15, -0.1) is 0 Å². The quantitative estimate of drug-likeness (QED) is 0.294. The molecule has 0 spiro atoms. The summed E-state index contributed by atoms with van der Waals surface area (Å²) >= 11 is 0. The van der Waals surface area contributed by atoms with Gasteiger partial charge in [-0.3, -0.25) is 4.90 Å². The molecule has 192 valence electrons. The first-order valence-corrected chi connectivity index (χ1v) is 12.5. The van der Waals surface area contributed by atoms with E-state index in [1.165, 1.54) is 0 Å². The number of hydrogen-bond donors (Lipinski definition) is 0. The normalized spacial score (nSPS) is 11.6. The average Bonchev–Trinajstić information content (AvgIpc) is 2.75. The van der Waals surface area contributed by atoms with E-state index >= 15 is 0 Å². The lowest BCUT2D eigenvalue weighted by molar-refractivity contribution is 0.0635. The van der Waals surface area contributed by atoms with Crippen LogP contribution >= 0.6 is 0 Å². The molecule has 1 aromatic heterocycles. The van der Waals surface area contributed by atoms with Crippen LogP contribution in [0.15, 0.2) is 0 Å². The van der Waals surface area contributed by atoms with Crippen molar-refractivity contribution < 1.29 is 14.2 Å². The topological polar surface area (TPSA) is 76.1 Å². The Morgan fingerprint density at radius 1 is 0.515 bits per heavy atom. The summed E-state index contributed by atoms with van der Waals surface area (Å²) in [4.78, 5) is 20.5. The molecule has 0 saturated heterocycles. The second kappa shape index (κ2) is 16.0. The van der Waals surface area contributed by atoms with Crippen LogP contribution in [-0.2, 0) is 14.2 Å². The van der Waals surface area contributed by atoms with Gasteiger partial charge in [-0.2, -0.15) is 15.0 Å². The Morgan fingerprint density at radius 2 is 0.818 bits per heavy atom. The molecule has 0 unspecified atom stereocenters. The largest absolute Gasteiger partial charge is 0.361 e. The van der Waals surface area contributed by atoms with Gasteiger partial charge in [0.15, 0.2) is 0 Å². The first-order chi connectivity index (χ1) is 15.7. The fourth-order valence-corrected chi connectivity index (χ4v) is 2.91. The molecule has 0 fully saturated rings. The third kappa shape index (κ3) is 11.3. The van der Waals surface area contributed by atoms with Crippen LogP contribution in [0.1, 0.15) is 62.3 Å². The lowest BCUT2D eigenvalue weighted by Crippen LogP contribution is -2.35. The van der Waals surface area contributed by atoms with Crippen molar-refractivity contribution in [3.63, 3.8) is 0 Å². The van der Waals surface area contributed by atoms with Crippen LogP contribution in [-0.4, -0.2) is 74.6 Å². The van der Waals surface area contributed by atoms with Gasteiger partial charge in [-0.05, 0) is 38.5 Å². The number of nitrogens with zero attached hydrogens (tertiary/aromatic N) is 6. The smallest absolute Gasteiger partial charge is 0.235 e. The molecule has 0 bridgehead atoms. The highest BCUT2D eigenvalue weighted by Gasteiger charge is 2.20. The lowest BCUT2D eigenvalue weighted by Gasteiger charge is -2.28. The van der Waals surface area contributed by atoms with Gasteiger partial charge in [0.25, 0.3) is 0 Å². The third-order valence-corrected chi connectivity index (χ3v) is 4.69. The molecular weight excluding hydrogens is 420 g/mol. The van der Waals surface area contributed by atoms with Crippen LogP contribution < -0.4 is 14.7 Å². The van der Waals surface area contributed by atoms with E-state index in [9.17, 15) is 0 Å². The van der Waals surface area contributed by atoms with E-state index < -0.39 is 0 Å². The maximum absolute atomic E-state index is 5.93. The minimum Gasteiger partial charge on any atom is -0.361 e. The molecular formula is C24H48N6O3. The van der Waals surface area contributed by atoms with Crippen molar-refractivity contribution in [3.05, 3.63) is 0 Å². The summed E-state index contributed by atoms with van der Waals surface area (Å²) in [5, 5.41) is 0. The van der Waals surface area contributed by atoms with Gasteiger partial charge in [-0.1, -0.05) is 41.5 Å². The zero-order valence-electron chi connectivity index (χ0n) is 22.5. The molecule has 0 aliphatic carbocycles. The van der Waals surface area contributed by atoms with Crippen molar-refractivity contribution in [2.24, 2.45) is 17.8 Å². The summed E-state index contributed by atoms with van der Waals surface area (Å²) in [5.41, 5.74) is 0. The van der Waals surface area contributed by atoms with Gasteiger partial charge in [-0.25, -0.2) is 0 Å². The Balaban J connectivity index is 3.25. The molecule has 33 heavy (non-hydrogen) atoms. The van der Waals surface area contributed by atoms with Crippen molar-refractivity contribution in [2.75, 3.05) is 74.3 Å². The summed E-state index contributed by atoms with van der Waals surface area (Å²) in [7, 11) is 0. The fourth-order valence-electron chi connectivity index (χ4n) is 2.91. The molecule has 0 aliphatic rings. The van der Waals surface area contributed by atoms with Crippen molar-refractivity contribution >= 4 is 17.8 Å². The van der Waals surface area contributed by atoms with Crippen LogP contribution in [0.4, 0.5) is 17.8 Å². The predicted molar refractivity (Wildman–Crippen MR) is 136 cm³/mol. The Kier molecular flexibility index (Phi) is 14.2. The number of aromatic nitrogens is 3. The van der Waals surface area contributed by atoms with E-state index in [0.717, 1.165) is 19.6 Å². The second-order valence-electron chi connectivity index (χ2n) is 9.48. The molecule has 1 rings (SSSR count). The number of hydrogen-bond acceptors (Lipinski definition) is 9. The maximum atomic E-state index is 5.93. The van der Waals surface area contributed by atoms with E-state index in [0.29, 0.717) is 75.6 Å². The van der Waals surface area contributed by atoms with Gasteiger partial charge in [0, 0.05) is 19.6 Å². The highest BCUT2D eigenvalue weighted by Crippen LogP contribution is 2.20. The summed E-state index contributed by atoms with van der Waals surface area (Å²) in [6, 6.07) is 0. The van der Waals surface area contributed by atoms with E-state index in [1.807, 2.05) is 9.80 Å². The lowest BCUT2D eigenvalue weighted by atomic mass is 10.2. The van der Waals surface area contributed by atoms with Crippen LogP contribution in [0, 0.1) is 17.8 Å². The molecule has 0 amide bonds. The van der Waals surface area contributed by atoms with E-state index in [1.54, 1.807) is 0 Å².